The van der Waals surface area contributed by atoms with Crippen LogP contribution in [0.25, 0.3) is 10.4 Å². The largest absolute Gasteiger partial charge is 0.375 e. The Labute approximate surface area is 166 Å². The molecule has 1 atom stereocenters. The lowest BCUT2D eigenvalue weighted by atomic mass is 10.00. The van der Waals surface area contributed by atoms with Crippen molar-refractivity contribution in [2.75, 3.05) is 32.5 Å². The van der Waals surface area contributed by atoms with E-state index in [0.717, 1.165) is 19.6 Å². The molecule has 141 valence electrons. The molecule has 1 aromatic heterocycles. The van der Waals surface area contributed by atoms with Crippen molar-refractivity contribution in [1.29, 1.82) is 0 Å². The molecule has 0 saturated carbocycles. The molecule has 0 N–H and O–H groups in total. The predicted molar refractivity (Wildman–Crippen MR) is 116 cm³/mol. The van der Waals surface area contributed by atoms with Gasteiger partial charge in [0.25, 0.3) is 0 Å². The second-order valence-electron chi connectivity index (χ2n) is 6.98. The molecule has 2 heterocycles. The third-order valence-corrected chi connectivity index (χ3v) is 6.80. The summed E-state index contributed by atoms with van der Waals surface area (Å²) < 4.78 is 6.09. The van der Waals surface area contributed by atoms with Gasteiger partial charge in [0.05, 0.1) is 13.2 Å². The quantitative estimate of drug-likeness (QED) is 0.524. The highest BCUT2D eigenvalue weighted by molar-refractivity contribution is 7.99. The fraction of sp³-hybridized carbons (Fsp3) is 0.500. The van der Waals surface area contributed by atoms with E-state index in [1.165, 1.54) is 53.9 Å². The zero-order chi connectivity index (χ0) is 18.2. The van der Waals surface area contributed by atoms with E-state index in [1.54, 1.807) is 11.3 Å². The molecule has 1 aliphatic rings. The van der Waals surface area contributed by atoms with Gasteiger partial charge in [0.2, 0.25) is 0 Å². The first-order valence-corrected chi connectivity index (χ1v) is 11.7. The van der Waals surface area contributed by atoms with Gasteiger partial charge in [0.15, 0.2) is 0 Å². The summed E-state index contributed by atoms with van der Waals surface area (Å²) in [6, 6.07) is 11.1. The van der Waals surface area contributed by atoms with E-state index in [2.05, 4.69) is 53.8 Å². The molecule has 0 aliphatic carbocycles. The van der Waals surface area contributed by atoms with Gasteiger partial charge >= 0.3 is 0 Å². The van der Waals surface area contributed by atoms with Crippen LogP contribution in [0, 0.1) is 6.92 Å². The first kappa shape index (κ1) is 19.9. The first-order chi connectivity index (χ1) is 12.8. The maximum absolute atomic E-state index is 6.09. The van der Waals surface area contributed by atoms with E-state index in [9.17, 15) is 0 Å². The molecule has 1 fully saturated rings. The predicted octanol–water partition coefficient (Wildman–Crippen LogP) is 5.53. The van der Waals surface area contributed by atoms with Crippen molar-refractivity contribution in [2.24, 2.45) is 0 Å². The zero-order valence-corrected chi connectivity index (χ0v) is 17.4. The molecule has 26 heavy (non-hydrogen) atoms. The number of likely N-dealkylation sites (tertiary alicyclic amines) is 1. The van der Waals surface area contributed by atoms with Crippen molar-refractivity contribution in [1.82, 2.24) is 4.90 Å². The molecule has 0 spiro atoms. The lowest BCUT2D eigenvalue weighted by Crippen LogP contribution is -2.32. The van der Waals surface area contributed by atoms with Gasteiger partial charge < -0.3 is 9.64 Å². The summed E-state index contributed by atoms with van der Waals surface area (Å²) in [5, 5.41) is 2.52. The third kappa shape index (κ3) is 5.85. The molecule has 4 heteroatoms. The zero-order valence-electron chi connectivity index (χ0n) is 15.8. The Kier molecular flexibility index (Phi) is 8.06. The van der Waals surface area contributed by atoms with E-state index < -0.39 is 0 Å². The maximum Gasteiger partial charge on any atom is 0.0720 e. The molecule has 1 radical (unpaired) electrons. The first-order valence-electron chi connectivity index (χ1n) is 9.58. The van der Waals surface area contributed by atoms with Crippen LogP contribution in [0.2, 0.25) is 0 Å². The Hall–Kier alpha value is -0.810. The number of hydrogen-bond donors (Lipinski definition) is 0. The Bertz CT molecular complexity index is 650. The normalized spacial score (nSPS) is 16.7. The molecular weight excluding hydrogens is 358 g/mol. The van der Waals surface area contributed by atoms with E-state index in [4.69, 9.17) is 4.74 Å². The van der Waals surface area contributed by atoms with Gasteiger partial charge in [0, 0.05) is 16.7 Å². The minimum absolute atomic E-state index is 0.384. The molecule has 0 bridgehead atoms. The fourth-order valence-corrected chi connectivity index (χ4v) is 4.51. The summed E-state index contributed by atoms with van der Waals surface area (Å²) in [7, 11) is 0. The summed E-state index contributed by atoms with van der Waals surface area (Å²) >= 11 is 3.61. The van der Waals surface area contributed by atoms with Crippen molar-refractivity contribution >= 4 is 23.1 Å². The van der Waals surface area contributed by atoms with Gasteiger partial charge in [-0.2, -0.15) is 11.8 Å². The van der Waals surface area contributed by atoms with Crippen molar-refractivity contribution in [3.63, 3.8) is 0 Å². The van der Waals surface area contributed by atoms with Crippen LogP contribution in [-0.2, 0) is 17.8 Å². The minimum atomic E-state index is 0.384. The van der Waals surface area contributed by atoms with Crippen LogP contribution in [0.5, 0.6) is 0 Å². The fourth-order valence-electron chi connectivity index (χ4n) is 3.44. The molecular formula is C22H30NOS2. The Morgan fingerprint density at radius 3 is 2.77 bits per heavy atom. The van der Waals surface area contributed by atoms with Gasteiger partial charge in [-0.05, 0) is 79.7 Å². The van der Waals surface area contributed by atoms with Crippen LogP contribution < -0.4 is 0 Å². The smallest absolute Gasteiger partial charge is 0.0720 e. The van der Waals surface area contributed by atoms with E-state index in [1.807, 2.05) is 11.8 Å². The number of hydrogen-bond acceptors (Lipinski definition) is 4. The van der Waals surface area contributed by atoms with Crippen molar-refractivity contribution in [2.45, 2.75) is 37.5 Å². The lowest BCUT2D eigenvalue weighted by Gasteiger charge is -2.26. The maximum atomic E-state index is 6.09. The highest BCUT2D eigenvalue weighted by Crippen LogP contribution is 2.28. The summed E-state index contributed by atoms with van der Waals surface area (Å²) in [5.74, 6) is 0. The number of rotatable bonds is 9. The number of piperidine rings is 1. The molecule has 1 saturated heterocycles. The summed E-state index contributed by atoms with van der Waals surface area (Å²) in [5.41, 5.74) is 3.98. The SMILES string of the molecule is [CH2]C(Cc1ccc(-c2cccs2)cc1COCCN1CCCCC1)SC. The second-order valence-corrected chi connectivity index (χ2v) is 9.06. The van der Waals surface area contributed by atoms with Crippen LogP contribution >= 0.6 is 23.1 Å². The van der Waals surface area contributed by atoms with Crippen molar-refractivity contribution < 1.29 is 4.74 Å². The molecule has 2 aromatic rings. The summed E-state index contributed by atoms with van der Waals surface area (Å²) in [6.07, 6.45) is 7.19. The lowest BCUT2D eigenvalue weighted by molar-refractivity contribution is 0.0860. The van der Waals surface area contributed by atoms with Crippen LogP contribution in [0.15, 0.2) is 35.7 Å². The van der Waals surface area contributed by atoms with Crippen LogP contribution in [0.4, 0.5) is 0 Å². The number of ether oxygens (including phenoxy) is 1. The van der Waals surface area contributed by atoms with Gasteiger partial charge in [-0.25, -0.2) is 0 Å². The van der Waals surface area contributed by atoms with E-state index in [-0.39, 0.29) is 0 Å². The topological polar surface area (TPSA) is 12.5 Å². The number of thiophene rings is 1. The standard InChI is InChI=1S/C22H30NOS2/c1-18(25-2)15-19-8-9-20(22-7-6-14-26-22)16-21(19)17-24-13-12-23-10-4-3-5-11-23/h6-9,14,16,18H,1,3-5,10-13,15,17H2,2H3. The van der Waals surface area contributed by atoms with E-state index in [0.29, 0.717) is 11.9 Å². The van der Waals surface area contributed by atoms with Gasteiger partial charge in [-0.3, -0.25) is 0 Å². The van der Waals surface area contributed by atoms with Gasteiger partial charge in [-0.1, -0.05) is 24.6 Å². The average Bonchev–Trinajstić information content (AvgIpc) is 3.22. The van der Waals surface area contributed by atoms with Gasteiger partial charge in [-0.15, -0.1) is 11.3 Å². The summed E-state index contributed by atoms with van der Waals surface area (Å²) in [6.45, 7) is 9.29. The molecule has 1 aliphatic heterocycles. The molecule has 0 amide bonds. The molecule has 2 nitrogen and oxygen atoms in total. The molecule has 1 aromatic carbocycles. The van der Waals surface area contributed by atoms with Gasteiger partial charge in [0.1, 0.15) is 0 Å². The number of nitrogens with zero attached hydrogens (tertiary/aromatic N) is 1. The summed E-state index contributed by atoms with van der Waals surface area (Å²) in [4.78, 5) is 3.86. The Morgan fingerprint density at radius 1 is 1.19 bits per heavy atom. The average molecular weight is 389 g/mol. The van der Waals surface area contributed by atoms with Crippen LogP contribution in [-0.4, -0.2) is 42.6 Å². The monoisotopic (exact) mass is 388 g/mol. The van der Waals surface area contributed by atoms with Crippen molar-refractivity contribution in [3.05, 3.63) is 53.8 Å². The van der Waals surface area contributed by atoms with Crippen molar-refractivity contribution in [3.8, 4) is 10.4 Å². The highest BCUT2D eigenvalue weighted by atomic mass is 32.2. The highest BCUT2D eigenvalue weighted by Gasteiger charge is 2.12. The Balaban J connectivity index is 1.62. The third-order valence-electron chi connectivity index (χ3n) is 5.05. The molecule has 1 unspecified atom stereocenters. The number of benzene rings is 1. The van der Waals surface area contributed by atoms with Crippen LogP contribution in [0.3, 0.4) is 0 Å². The Morgan fingerprint density at radius 2 is 2.04 bits per heavy atom. The van der Waals surface area contributed by atoms with E-state index >= 15 is 0 Å². The molecule has 3 rings (SSSR count). The number of thioether (sulfide) groups is 1. The minimum Gasteiger partial charge on any atom is -0.375 e. The van der Waals surface area contributed by atoms with Crippen LogP contribution in [0.1, 0.15) is 30.4 Å². The second kappa shape index (κ2) is 10.5.